The second kappa shape index (κ2) is 9.08. The van der Waals surface area contributed by atoms with Crippen molar-refractivity contribution in [3.05, 3.63) is 54.4 Å². The maximum absolute atomic E-state index is 14.5. The Balaban J connectivity index is 1.28. The number of rotatable bonds is 7. The van der Waals surface area contributed by atoms with E-state index in [0.717, 1.165) is 50.9 Å². The van der Waals surface area contributed by atoms with Crippen LogP contribution in [0.15, 0.2) is 43.0 Å². The topological polar surface area (TPSA) is 50.2 Å². The van der Waals surface area contributed by atoms with Gasteiger partial charge in [-0.1, -0.05) is 31.0 Å². The number of nitrogens with one attached hydrogen (secondary N) is 1. The van der Waals surface area contributed by atoms with Crippen LogP contribution in [-0.2, 0) is 16.8 Å². The van der Waals surface area contributed by atoms with Gasteiger partial charge in [-0.3, -0.25) is 4.79 Å². The molecular weight excluding hydrogens is 367 g/mol. The SMILES string of the molecule is O=C(CCn1ccnc1)NC1CCN(CC2(c3ccccc3F)CCCC2)CC1. The van der Waals surface area contributed by atoms with Gasteiger partial charge in [0.05, 0.1) is 6.33 Å². The van der Waals surface area contributed by atoms with Gasteiger partial charge in [-0.15, -0.1) is 0 Å². The van der Waals surface area contributed by atoms with Gasteiger partial charge in [-0.2, -0.15) is 0 Å². The van der Waals surface area contributed by atoms with Crippen molar-refractivity contribution < 1.29 is 9.18 Å². The van der Waals surface area contributed by atoms with Crippen LogP contribution in [0.25, 0.3) is 0 Å². The third kappa shape index (κ3) is 4.86. The first-order chi connectivity index (χ1) is 14.1. The van der Waals surface area contributed by atoms with Crippen LogP contribution in [0.2, 0.25) is 0 Å². The van der Waals surface area contributed by atoms with Crippen LogP contribution >= 0.6 is 0 Å². The lowest BCUT2D eigenvalue weighted by molar-refractivity contribution is -0.122. The smallest absolute Gasteiger partial charge is 0.222 e. The van der Waals surface area contributed by atoms with E-state index in [1.165, 1.54) is 12.8 Å². The van der Waals surface area contributed by atoms with E-state index in [4.69, 9.17) is 0 Å². The summed E-state index contributed by atoms with van der Waals surface area (Å²) in [5.74, 6) is 0.0465. The molecule has 1 aliphatic carbocycles. The normalized spacial score (nSPS) is 20.0. The summed E-state index contributed by atoms with van der Waals surface area (Å²) in [5.41, 5.74) is 0.846. The number of aryl methyl sites for hydroxylation is 1. The molecule has 1 saturated carbocycles. The molecule has 1 aromatic heterocycles. The first kappa shape index (κ1) is 20.1. The summed E-state index contributed by atoms with van der Waals surface area (Å²) in [6.07, 6.45) is 12.2. The lowest BCUT2D eigenvalue weighted by Crippen LogP contribution is -2.48. The highest BCUT2D eigenvalue weighted by Crippen LogP contribution is 2.43. The molecule has 0 bridgehead atoms. The van der Waals surface area contributed by atoms with Crippen LogP contribution in [0, 0.1) is 5.82 Å². The Morgan fingerprint density at radius 3 is 2.66 bits per heavy atom. The Bertz CT molecular complexity index is 793. The molecule has 0 unspecified atom stereocenters. The Labute approximate surface area is 172 Å². The molecule has 1 amide bonds. The number of likely N-dealkylation sites (tertiary alicyclic amines) is 1. The summed E-state index contributed by atoms with van der Waals surface area (Å²) in [7, 11) is 0. The lowest BCUT2D eigenvalue weighted by atomic mass is 9.77. The monoisotopic (exact) mass is 398 g/mol. The van der Waals surface area contributed by atoms with Gasteiger partial charge in [0.1, 0.15) is 5.82 Å². The number of hydrogen-bond donors (Lipinski definition) is 1. The van der Waals surface area contributed by atoms with Crippen LogP contribution in [0.1, 0.15) is 50.5 Å². The molecular formula is C23H31FN4O. The van der Waals surface area contributed by atoms with Crippen molar-refractivity contribution in [2.75, 3.05) is 19.6 Å². The van der Waals surface area contributed by atoms with Gasteiger partial charge in [0.15, 0.2) is 0 Å². The van der Waals surface area contributed by atoms with Crippen molar-refractivity contribution in [1.29, 1.82) is 0 Å². The Morgan fingerprint density at radius 2 is 1.97 bits per heavy atom. The van der Waals surface area contributed by atoms with Gasteiger partial charge in [-0.05, 0) is 37.3 Å². The summed E-state index contributed by atoms with van der Waals surface area (Å²) in [6, 6.07) is 7.57. The van der Waals surface area contributed by atoms with Gasteiger partial charge < -0.3 is 14.8 Å². The molecule has 2 aliphatic rings. The number of halogens is 1. The van der Waals surface area contributed by atoms with Gasteiger partial charge in [0.25, 0.3) is 0 Å². The Morgan fingerprint density at radius 1 is 1.21 bits per heavy atom. The summed E-state index contributed by atoms with van der Waals surface area (Å²) >= 11 is 0. The predicted octanol–water partition coefficient (Wildman–Crippen LogP) is 3.50. The maximum Gasteiger partial charge on any atom is 0.222 e. The van der Waals surface area contributed by atoms with Crippen LogP contribution in [0.4, 0.5) is 4.39 Å². The maximum atomic E-state index is 14.5. The molecule has 156 valence electrons. The van der Waals surface area contributed by atoms with Crippen molar-refractivity contribution in [2.45, 2.75) is 62.9 Å². The third-order valence-corrected chi connectivity index (χ3v) is 6.64. The van der Waals surface area contributed by atoms with Gasteiger partial charge >= 0.3 is 0 Å². The predicted molar refractivity (Wildman–Crippen MR) is 111 cm³/mol. The zero-order valence-corrected chi connectivity index (χ0v) is 17.0. The van der Waals surface area contributed by atoms with Gasteiger partial charge in [0.2, 0.25) is 5.91 Å². The van der Waals surface area contributed by atoms with Crippen LogP contribution < -0.4 is 5.32 Å². The summed E-state index contributed by atoms with van der Waals surface area (Å²) in [6.45, 7) is 3.51. The fourth-order valence-corrected chi connectivity index (χ4v) is 5.07. The van der Waals surface area contributed by atoms with E-state index in [9.17, 15) is 9.18 Å². The quantitative estimate of drug-likeness (QED) is 0.777. The molecule has 29 heavy (non-hydrogen) atoms. The highest BCUT2D eigenvalue weighted by atomic mass is 19.1. The van der Waals surface area contributed by atoms with Crippen molar-refractivity contribution in [3.8, 4) is 0 Å². The number of carbonyl (C=O) groups is 1. The van der Waals surface area contributed by atoms with E-state index in [2.05, 4.69) is 15.2 Å². The van der Waals surface area contributed by atoms with Crippen molar-refractivity contribution in [3.63, 3.8) is 0 Å². The van der Waals surface area contributed by atoms with Crippen molar-refractivity contribution in [1.82, 2.24) is 19.8 Å². The first-order valence-corrected chi connectivity index (χ1v) is 10.9. The van der Waals surface area contributed by atoms with E-state index in [-0.39, 0.29) is 23.2 Å². The van der Waals surface area contributed by atoms with E-state index in [1.54, 1.807) is 24.7 Å². The number of piperidine rings is 1. The number of imidazole rings is 1. The highest BCUT2D eigenvalue weighted by Gasteiger charge is 2.39. The second-order valence-corrected chi connectivity index (χ2v) is 8.64. The zero-order valence-electron chi connectivity index (χ0n) is 17.0. The molecule has 6 heteroatoms. The molecule has 1 aromatic carbocycles. The van der Waals surface area contributed by atoms with Crippen LogP contribution in [0.5, 0.6) is 0 Å². The molecule has 0 atom stereocenters. The summed E-state index contributed by atoms with van der Waals surface area (Å²) in [5, 5.41) is 3.19. The van der Waals surface area contributed by atoms with Gasteiger partial charge in [0, 0.05) is 56.5 Å². The molecule has 1 aliphatic heterocycles. The minimum absolute atomic E-state index is 0.0494. The molecule has 0 radical (unpaired) electrons. The molecule has 4 rings (SSSR count). The van der Waals surface area contributed by atoms with E-state index < -0.39 is 0 Å². The highest BCUT2D eigenvalue weighted by molar-refractivity contribution is 5.76. The zero-order chi connectivity index (χ0) is 20.1. The fourth-order valence-electron chi connectivity index (χ4n) is 5.07. The van der Waals surface area contributed by atoms with Crippen LogP contribution in [-0.4, -0.2) is 46.0 Å². The fraction of sp³-hybridized carbons (Fsp3) is 0.565. The first-order valence-electron chi connectivity index (χ1n) is 10.9. The van der Waals surface area contributed by atoms with E-state index in [0.29, 0.717) is 13.0 Å². The number of carbonyl (C=O) groups excluding carboxylic acids is 1. The molecule has 1 N–H and O–H groups in total. The average molecular weight is 399 g/mol. The number of benzene rings is 1. The minimum Gasteiger partial charge on any atom is -0.353 e. The number of nitrogens with zero attached hydrogens (tertiary/aromatic N) is 3. The van der Waals surface area contributed by atoms with Crippen molar-refractivity contribution in [2.24, 2.45) is 0 Å². The molecule has 5 nitrogen and oxygen atoms in total. The number of hydrogen-bond acceptors (Lipinski definition) is 3. The number of amides is 1. The second-order valence-electron chi connectivity index (χ2n) is 8.64. The van der Waals surface area contributed by atoms with Crippen molar-refractivity contribution >= 4 is 5.91 Å². The number of aromatic nitrogens is 2. The molecule has 2 aromatic rings. The van der Waals surface area contributed by atoms with E-state index in [1.807, 2.05) is 22.9 Å². The summed E-state index contributed by atoms with van der Waals surface area (Å²) in [4.78, 5) is 18.7. The minimum atomic E-state index is -0.0607. The molecule has 1 saturated heterocycles. The third-order valence-electron chi connectivity index (χ3n) is 6.64. The largest absolute Gasteiger partial charge is 0.353 e. The standard InChI is InChI=1S/C23H31FN4O/c24-21-6-2-1-5-20(21)23(10-3-4-11-23)17-27-13-7-19(8-14-27)26-22(29)9-15-28-16-12-25-18-28/h1-2,5-6,12,16,18-19H,3-4,7-11,13-15,17H2,(H,26,29). The Hall–Kier alpha value is -2.21. The molecule has 2 fully saturated rings. The van der Waals surface area contributed by atoms with E-state index >= 15 is 0 Å². The lowest BCUT2D eigenvalue weighted by Gasteiger charge is -2.39. The average Bonchev–Trinajstić information content (AvgIpc) is 3.41. The Kier molecular flexibility index (Phi) is 6.28. The molecule has 0 spiro atoms. The van der Waals surface area contributed by atoms with Gasteiger partial charge in [-0.25, -0.2) is 9.37 Å². The molecule has 2 heterocycles. The summed E-state index contributed by atoms with van der Waals surface area (Å²) < 4.78 is 16.5. The van der Waals surface area contributed by atoms with Crippen LogP contribution in [0.3, 0.4) is 0 Å².